The van der Waals surface area contributed by atoms with E-state index < -0.39 is 11.9 Å². The highest BCUT2D eigenvalue weighted by Crippen LogP contribution is 2.28. The average Bonchev–Trinajstić information content (AvgIpc) is 2.80. The lowest BCUT2D eigenvalue weighted by Crippen LogP contribution is -2.10. The minimum Gasteiger partial charge on any atom is -0.481 e. The fourth-order valence-corrected chi connectivity index (χ4v) is 2.66. The molecule has 2 rings (SSSR count). The molecule has 0 aliphatic rings. The van der Waals surface area contributed by atoms with Crippen LogP contribution in [0.1, 0.15) is 30.5 Å². The van der Waals surface area contributed by atoms with E-state index in [1.807, 2.05) is 43.5 Å². The van der Waals surface area contributed by atoms with Crippen LogP contribution in [0.15, 0.2) is 29.6 Å². The Labute approximate surface area is 110 Å². The Kier molecular flexibility index (Phi) is 3.77. The van der Waals surface area contributed by atoms with E-state index in [1.54, 1.807) is 0 Å². The van der Waals surface area contributed by atoms with Gasteiger partial charge in [-0.15, -0.1) is 11.3 Å². The Hall–Kier alpha value is -1.68. The summed E-state index contributed by atoms with van der Waals surface area (Å²) >= 11 is 1.50. The third-order valence-electron chi connectivity index (χ3n) is 2.88. The zero-order valence-electron chi connectivity index (χ0n) is 10.4. The summed E-state index contributed by atoms with van der Waals surface area (Å²) < 4.78 is 0. The summed E-state index contributed by atoms with van der Waals surface area (Å²) in [5, 5.41) is 11.8. The van der Waals surface area contributed by atoms with E-state index in [4.69, 9.17) is 5.11 Å². The van der Waals surface area contributed by atoms with Gasteiger partial charge in [-0.1, -0.05) is 36.8 Å². The Morgan fingerprint density at radius 2 is 2.06 bits per heavy atom. The maximum atomic E-state index is 11.1. The molecule has 0 fully saturated rings. The van der Waals surface area contributed by atoms with Crippen LogP contribution in [-0.4, -0.2) is 16.1 Å². The number of rotatable bonds is 4. The number of carbonyl (C=O) groups is 1. The second-order valence-corrected chi connectivity index (χ2v) is 5.10. The van der Waals surface area contributed by atoms with E-state index in [2.05, 4.69) is 4.98 Å². The van der Waals surface area contributed by atoms with Crippen molar-refractivity contribution in [2.45, 2.75) is 26.2 Å². The van der Waals surface area contributed by atoms with Crippen LogP contribution in [0.3, 0.4) is 0 Å². The molecule has 94 valence electrons. The number of hydrogen-bond acceptors (Lipinski definition) is 3. The van der Waals surface area contributed by atoms with Gasteiger partial charge >= 0.3 is 5.97 Å². The molecule has 2 aromatic rings. The highest BCUT2D eigenvalue weighted by atomic mass is 32.1. The zero-order valence-corrected chi connectivity index (χ0v) is 11.2. The summed E-state index contributed by atoms with van der Waals surface area (Å²) in [6.45, 7) is 3.90. The number of benzene rings is 1. The van der Waals surface area contributed by atoms with Crippen molar-refractivity contribution in [3.05, 3.63) is 40.9 Å². The van der Waals surface area contributed by atoms with Crippen molar-refractivity contribution < 1.29 is 9.90 Å². The monoisotopic (exact) mass is 261 g/mol. The number of aromatic nitrogens is 1. The number of carboxylic acids is 1. The SMILES string of the molecule is CCC(C(=O)O)c1csc(-c2ccc(C)cc2)n1. The molecule has 0 saturated heterocycles. The molecule has 0 aliphatic carbocycles. The van der Waals surface area contributed by atoms with E-state index >= 15 is 0 Å². The van der Waals surface area contributed by atoms with Gasteiger partial charge in [0.2, 0.25) is 0 Å². The van der Waals surface area contributed by atoms with E-state index in [1.165, 1.54) is 16.9 Å². The van der Waals surface area contributed by atoms with Crippen LogP contribution < -0.4 is 0 Å². The van der Waals surface area contributed by atoms with Crippen molar-refractivity contribution in [3.8, 4) is 10.6 Å². The maximum absolute atomic E-state index is 11.1. The number of aryl methyl sites for hydroxylation is 1. The Morgan fingerprint density at radius 3 is 2.61 bits per heavy atom. The predicted octanol–water partition coefficient (Wildman–Crippen LogP) is 3.70. The lowest BCUT2D eigenvalue weighted by Gasteiger charge is -2.05. The lowest BCUT2D eigenvalue weighted by atomic mass is 10.0. The fraction of sp³-hybridized carbons (Fsp3) is 0.286. The lowest BCUT2D eigenvalue weighted by molar-refractivity contribution is -0.138. The van der Waals surface area contributed by atoms with Crippen LogP contribution in [-0.2, 0) is 4.79 Å². The van der Waals surface area contributed by atoms with Crippen molar-refractivity contribution in [2.24, 2.45) is 0 Å². The Balaban J connectivity index is 2.30. The van der Waals surface area contributed by atoms with Crippen LogP contribution in [0, 0.1) is 6.92 Å². The minimum atomic E-state index is -0.807. The van der Waals surface area contributed by atoms with Crippen molar-refractivity contribution in [1.82, 2.24) is 4.98 Å². The molecular weight excluding hydrogens is 246 g/mol. The minimum absolute atomic E-state index is 0.500. The van der Waals surface area contributed by atoms with Crippen LogP contribution in [0.5, 0.6) is 0 Å². The molecule has 1 unspecified atom stereocenters. The molecule has 0 bridgehead atoms. The van der Waals surface area contributed by atoms with Gasteiger partial charge in [0, 0.05) is 10.9 Å². The van der Waals surface area contributed by atoms with Gasteiger partial charge in [0.15, 0.2) is 0 Å². The Morgan fingerprint density at radius 1 is 1.39 bits per heavy atom. The van der Waals surface area contributed by atoms with Gasteiger partial charge in [-0.05, 0) is 13.3 Å². The summed E-state index contributed by atoms with van der Waals surface area (Å²) in [4.78, 5) is 15.5. The zero-order chi connectivity index (χ0) is 13.1. The first-order valence-corrected chi connectivity index (χ1v) is 6.75. The molecule has 1 atom stereocenters. The molecule has 18 heavy (non-hydrogen) atoms. The van der Waals surface area contributed by atoms with Gasteiger partial charge in [-0.2, -0.15) is 0 Å². The first-order valence-electron chi connectivity index (χ1n) is 5.87. The van der Waals surface area contributed by atoms with Crippen LogP contribution in [0.2, 0.25) is 0 Å². The van der Waals surface area contributed by atoms with Crippen LogP contribution in [0.4, 0.5) is 0 Å². The molecule has 1 N–H and O–H groups in total. The molecular formula is C14H15NO2S. The molecule has 1 aromatic heterocycles. The highest BCUT2D eigenvalue weighted by molar-refractivity contribution is 7.13. The number of thiazole rings is 1. The second kappa shape index (κ2) is 5.31. The maximum Gasteiger partial charge on any atom is 0.312 e. The third kappa shape index (κ3) is 2.59. The molecule has 0 radical (unpaired) electrons. The van der Waals surface area contributed by atoms with E-state index in [-0.39, 0.29) is 0 Å². The largest absolute Gasteiger partial charge is 0.481 e. The van der Waals surface area contributed by atoms with Crippen molar-refractivity contribution in [2.75, 3.05) is 0 Å². The molecule has 1 aromatic carbocycles. The quantitative estimate of drug-likeness (QED) is 0.913. The van der Waals surface area contributed by atoms with E-state index in [0.717, 1.165) is 10.6 Å². The number of hydrogen-bond donors (Lipinski definition) is 1. The second-order valence-electron chi connectivity index (χ2n) is 4.24. The number of nitrogens with zero attached hydrogens (tertiary/aromatic N) is 1. The van der Waals surface area contributed by atoms with Crippen LogP contribution >= 0.6 is 11.3 Å². The normalized spacial score (nSPS) is 12.3. The highest BCUT2D eigenvalue weighted by Gasteiger charge is 2.20. The number of aliphatic carboxylic acids is 1. The Bertz CT molecular complexity index is 545. The molecule has 1 heterocycles. The topological polar surface area (TPSA) is 50.2 Å². The fourth-order valence-electron chi connectivity index (χ4n) is 1.79. The average molecular weight is 261 g/mol. The molecule has 0 saturated carbocycles. The van der Waals surface area contributed by atoms with E-state index in [9.17, 15) is 4.79 Å². The molecule has 3 nitrogen and oxygen atoms in total. The van der Waals surface area contributed by atoms with Gasteiger partial charge < -0.3 is 5.11 Å². The van der Waals surface area contributed by atoms with Gasteiger partial charge in [-0.3, -0.25) is 4.79 Å². The van der Waals surface area contributed by atoms with Crippen molar-refractivity contribution in [1.29, 1.82) is 0 Å². The summed E-state index contributed by atoms with van der Waals surface area (Å²) in [5.41, 5.74) is 2.90. The van der Waals surface area contributed by atoms with Gasteiger partial charge in [0.1, 0.15) is 5.01 Å². The molecule has 0 amide bonds. The van der Waals surface area contributed by atoms with Crippen molar-refractivity contribution >= 4 is 17.3 Å². The summed E-state index contributed by atoms with van der Waals surface area (Å²) in [6.07, 6.45) is 0.562. The van der Waals surface area contributed by atoms with Crippen molar-refractivity contribution in [3.63, 3.8) is 0 Å². The summed E-state index contributed by atoms with van der Waals surface area (Å²) in [6, 6.07) is 8.09. The smallest absolute Gasteiger partial charge is 0.312 e. The van der Waals surface area contributed by atoms with Gasteiger partial charge in [0.05, 0.1) is 11.6 Å². The molecule has 0 aliphatic heterocycles. The van der Waals surface area contributed by atoms with Gasteiger partial charge in [0.25, 0.3) is 0 Å². The van der Waals surface area contributed by atoms with Crippen LogP contribution in [0.25, 0.3) is 10.6 Å². The molecule has 0 spiro atoms. The summed E-state index contributed by atoms with van der Waals surface area (Å²) in [7, 11) is 0. The third-order valence-corrected chi connectivity index (χ3v) is 3.79. The predicted molar refractivity (Wildman–Crippen MR) is 73.0 cm³/mol. The first kappa shape index (κ1) is 12.8. The molecule has 4 heteroatoms. The van der Waals surface area contributed by atoms with E-state index in [0.29, 0.717) is 12.1 Å². The first-order chi connectivity index (χ1) is 8.61. The van der Waals surface area contributed by atoms with Gasteiger partial charge in [-0.25, -0.2) is 4.98 Å². The standard InChI is InChI=1S/C14H15NO2S/c1-3-11(14(16)17)12-8-18-13(15-12)10-6-4-9(2)5-7-10/h4-8,11H,3H2,1-2H3,(H,16,17). The summed E-state index contributed by atoms with van der Waals surface area (Å²) in [5.74, 6) is -1.31. The number of carboxylic acid groups (broad SMARTS) is 1.